The number of unbranched alkanes of at least 4 members (excludes halogenated alkanes) is 4. The van der Waals surface area contributed by atoms with E-state index in [1.807, 2.05) is 6.92 Å². The van der Waals surface area contributed by atoms with Crippen molar-refractivity contribution in [1.29, 1.82) is 0 Å². The maximum atomic E-state index is 13.5. The lowest BCUT2D eigenvalue weighted by Crippen LogP contribution is -2.69. The molecule has 1 unspecified atom stereocenters. The first-order chi connectivity index (χ1) is 21.3. The molecule has 12 nitrogen and oxygen atoms in total. The van der Waals surface area contributed by atoms with Crippen molar-refractivity contribution in [2.75, 3.05) is 35.2 Å². The van der Waals surface area contributed by atoms with E-state index in [0.717, 1.165) is 38.5 Å². The van der Waals surface area contributed by atoms with E-state index < -0.39 is 41.6 Å². The number of amides is 1. The topological polar surface area (TPSA) is 140 Å². The first kappa shape index (κ1) is 38.1. The summed E-state index contributed by atoms with van der Waals surface area (Å²) in [6, 6.07) is 0. The summed E-state index contributed by atoms with van der Waals surface area (Å²) in [6.07, 6.45) is 2.65. The largest absolute Gasteiger partial charge is 0.469 e. The zero-order chi connectivity index (χ0) is 33.4. The summed E-state index contributed by atoms with van der Waals surface area (Å²) >= 11 is 0. The van der Waals surface area contributed by atoms with Crippen molar-refractivity contribution < 1.29 is 52.6 Å². The van der Waals surface area contributed by atoms with Crippen LogP contribution < -0.4 is 5.32 Å². The molecule has 0 aromatic rings. The lowest BCUT2D eigenvalue weighted by atomic mass is 9.72. The number of rotatable bonds is 16. The summed E-state index contributed by atoms with van der Waals surface area (Å²) < 4.78 is 47.0. The second-order valence-electron chi connectivity index (χ2n) is 13.7. The van der Waals surface area contributed by atoms with E-state index in [1.54, 1.807) is 14.2 Å². The van der Waals surface area contributed by atoms with Gasteiger partial charge in [0.15, 0.2) is 12.3 Å². The Labute approximate surface area is 269 Å². The molecule has 12 heteroatoms. The molecule has 0 radical (unpaired) electrons. The van der Waals surface area contributed by atoms with Gasteiger partial charge in [-0.3, -0.25) is 9.59 Å². The van der Waals surface area contributed by atoms with E-state index in [1.165, 1.54) is 14.2 Å². The Bertz CT molecular complexity index is 920. The highest BCUT2D eigenvalue weighted by atomic mass is 16.7. The monoisotopic (exact) mass is 645 g/mol. The van der Waals surface area contributed by atoms with Crippen LogP contribution in [0.15, 0.2) is 0 Å². The van der Waals surface area contributed by atoms with Crippen LogP contribution >= 0.6 is 0 Å². The third kappa shape index (κ3) is 9.16. The van der Waals surface area contributed by atoms with Crippen LogP contribution in [0.25, 0.3) is 0 Å². The highest BCUT2D eigenvalue weighted by molar-refractivity contribution is 5.82. The average Bonchev–Trinajstić information content (AvgIpc) is 3.01. The number of aliphatic hydroxyl groups excluding tert-OH is 1. The van der Waals surface area contributed by atoms with Crippen molar-refractivity contribution >= 4 is 11.9 Å². The van der Waals surface area contributed by atoms with Crippen molar-refractivity contribution in [2.24, 2.45) is 17.3 Å². The van der Waals surface area contributed by atoms with Crippen LogP contribution in [-0.2, 0) is 47.5 Å². The number of hydrogen-bond donors (Lipinski definition) is 2. The second-order valence-corrected chi connectivity index (χ2v) is 13.7. The quantitative estimate of drug-likeness (QED) is 0.188. The molecule has 11 atom stereocenters. The van der Waals surface area contributed by atoms with Crippen LogP contribution in [0.1, 0.15) is 92.4 Å². The van der Waals surface area contributed by atoms with Crippen molar-refractivity contribution in [2.45, 2.75) is 147 Å². The van der Waals surface area contributed by atoms with Crippen LogP contribution in [0.3, 0.4) is 0 Å². The maximum absolute atomic E-state index is 13.5. The normalized spacial score (nSPS) is 36.0. The molecule has 0 saturated carbocycles. The summed E-state index contributed by atoms with van der Waals surface area (Å²) in [4.78, 5) is 24.8. The molecule has 0 aromatic heterocycles. The molecule has 3 aliphatic heterocycles. The summed E-state index contributed by atoms with van der Waals surface area (Å²) in [5, 5.41) is 14.1. The maximum Gasteiger partial charge on any atom is 0.305 e. The van der Waals surface area contributed by atoms with Crippen LogP contribution in [-0.4, -0.2) is 107 Å². The standard InChI is InChI=1S/C33H59NO11/c1-20-18-33(41-9,45-22(3)21(20)2)28(36)30(37)34-31-27-26(42-19-43-31)29(40-8)32(4,5)24(44-27)17-23(38-6)15-13-11-10-12-14-16-25(35)39-7/h20-24,26-29,31,36H,10-19H2,1-9H3,(H,34,37)/t20?,21-,22-,23-,24-,26+,27+,28-,29-,31-,33-/m1/s1. The summed E-state index contributed by atoms with van der Waals surface area (Å²) in [7, 11) is 6.23. The van der Waals surface area contributed by atoms with Gasteiger partial charge in [0.25, 0.3) is 5.91 Å². The second kappa shape index (κ2) is 17.1. The van der Waals surface area contributed by atoms with Crippen LogP contribution in [0.2, 0.25) is 0 Å². The minimum atomic E-state index is -1.59. The molecule has 262 valence electrons. The Morgan fingerprint density at radius 1 is 0.978 bits per heavy atom. The molecule has 2 N–H and O–H groups in total. The molecular weight excluding hydrogens is 586 g/mol. The van der Waals surface area contributed by atoms with Crippen LogP contribution in [0.4, 0.5) is 0 Å². The first-order valence-electron chi connectivity index (χ1n) is 16.6. The molecule has 0 bridgehead atoms. The zero-order valence-electron chi connectivity index (χ0n) is 28.9. The Morgan fingerprint density at radius 2 is 1.67 bits per heavy atom. The predicted molar refractivity (Wildman–Crippen MR) is 165 cm³/mol. The smallest absolute Gasteiger partial charge is 0.305 e. The number of nitrogens with one attached hydrogen (secondary N) is 1. The van der Waals surface area contributed by atoms with Gasteiger partial charge in [0, 0.05) is 46.0 Å². The van der Waals surface area contributed by atoms with E-state index in [4.69, 9.17) is 37.9 Å². The number of fused-ring (bicyclic) bond motifs is 1. The minimum absolute atomic E-state index is 0.0462. The van der Waals surface area contributed by atoms with Gasteiger partial charge in [-0.15, -0.1) is 0 Å². The number of carbonyl (C=O) groups is 2. The lowest BCUT2D eigenvalue weighted by molar-refractivity contribution is -0.334. The average molecular weight is 646 g/mol. The molecule has 3 saturated heterocycles. The van der Waals surface area contributed by atoms with Gasteiger partial charge in [0.1, 0.15) is 19.0 Å². The Kier molecular flexibility index (Phi) is 14.5. The Balaban J connectivity index is 1.65. The minimum Gasteiger partial charge on any atom is -0.469 e. The highest BCUT2D eigenvalue weighted by Gasteiger charge is 2.57. The van der Waals surface area contributed by atoms with Crippen LogP contribution in [0, 0.1) is 17.3 Å². The molecule has 0 spiro atoms. The van der Waals surface area contributed by atoms with E-state index in [9.17, 15) is 14.7 Å². The molecule has 3 aliphatic rings. The van der Waals surface area contributed by atoms with Gasteiger partial charge in [-0.25, -0.2) is 0 Å². The number of aliphatic hydroxyl groups is 1. The molecule has 3 heterocycles. The van der Waals surface area contributed by atoms with Gasteiger partial charge in [0.2, 0.25) is 5.79 Å². The fourth-order valence-corrected chi connectivity index (χ4v) is 7.10. The SMILES string of the molecule is COC(=O)CCCCCCC[C@H](C[C@H]1O[C@H]2[C@H](OCO[C@H]2NC(=O)[C@@H](O)[C@@]2(OC)CC(C)[C@@H](C)[C@@H](C)O2)[C@@H](OC)C1(C)C)OC. The zero-order valence-corrected chi connectivity index (χ0v) is 28.9. The number of esters is 1. The van der Waals surface area contributed by atoms with Crippen molar-refractivity contribution in [3.8, 4) is 0 Å². The molecule has 3 rings (SSSR count). The number of ether oxygens (including phenoxy) is 8. The van der Waals surface area contributed by atoms with Gasteiger partial charge in [0.05, 0.1) is 31.5 Å². The highest BCUT2D eigenvalue weighted by Crippen LogP contribution is 2.44. The van der Waals surface area contributed by atoms with E-state index in [2.05, 4.69) is 33.0 Å². The molecule has 3 fully saturated rings. The molecule has 45 heavy (non-hydrogen) atoms. The summed E-state index contributed by atoms with van der Waals surface area (Å²) in [6.45, 7) is 10.2. The van der Waals surface area contributed by atoms with Gasteiger partial charge in [-0.05, 0) is 31.6 Å². The summed E-state index contributed by atoms with van der Waals surface area (Å²) in [5.74, 6) is -1.88. The summed E-state index contributed by atoms with van der Waals surface area (Å²) in [5.41, 5.74) is -0.439. The van der Waals surface area contributed by atoms with Gasteiger partial charge in [-0.2, -0.15) is 0 Å². The third-order valence-corrected chi connectivity index (χ3v) is 10.4. The Hall–Kier alpha value is -1.38. The number of carbonyl (C=O) groups excluding carboxylic acids is 2. The molecular formula is C33H59NO11. The predicted octanol–water partition coefficient (Wildman–Crippen LogP) is 3.70. The fourth-order valence-electron chi connectivity index (χ4n) is 7.10. The van der Waals surface area contributed by atoms with E-state index in [0.29, 0.717) is 19.3 Å². The van der Waals surface area contributed by atoms with Gasteiger partial charge < -0.3 is 48.3 Å². The molecule has 0 aliphatic carbocycles. The fraction of sp³-hybridized carbons (Fsp3) is 0.939. The van der Waals surface area contributed by atoms with E-state index in [-0.39, 0.29) is 49.0 Å². The van der Waals surface area contributed by atoms with Gasteiger partial charge >= 0.3 is 5.97 Å². The molecule has 1 amide bonds. The first-order valence-corrected chi connectivity index (χ1v) is 16.6. The van der Waals surface area contributed by atoms with E-state index >= 15 is 0 Å². The van der Waals surface area contributed by atoms with Crippen molar-refractivity contribution in [1.82, 2.24) is 5.32 Å². The number of hydrogen-bond acceptors (Lipinski definition) is 11. The third-order valence-electron chi connectivity index (χ3n) is 10.4. The Morgan fingerprint density at radius 3 is 2.29 bits per heavy atom. The lowest BCUT2D eigenvalue weighted by Gasteiger charge is -2.54. The van der Waals surface area contributed by atoms with Crippen LogP contribution in [0.5, 0.6) is 0 Å². The number of methoxy groups -OCH3 is 4. The van der Waals surface area contributed by atoms with Gasteiger partial charge in [-0.1, -0.05) is 53.4 Å². The van der Waals surface area contributed by atoms with Crippen molar-refractivity contribution in [3.63, 3.8) is 0 Å². The molecule has 0 aromatic carbocycles. The van der Waals surface area contributed by atoms with Crippen molar-refractivity contribution in [3.05, 3.63) is 0 Å².